The highest BCUT2D eigenvalue weighted by Crippen LogP contribution is 2.35. The van der Waals surface area contributed by atoms with Crippen LogP contribution in [-0.2, 0) is 9.53 Å². The molecule has 0 saturated carbocycles. The van der Waals surface area contributed by atoms with Crippen molar-refractivity contribution in [3.8, 4) is 0 Å². The molecule has 1 heterocycles. The Bertz CT molecular complexity index is 501. The van der Waals surface area contributed by atoms with Gasteiger partial charge in [0.25, 0.3) is 0 Å². The van der Waals surface area contributed by atoms with Crippen LogP contribution in [0.2, 0.25) is 5.02 Å². The lowest BCUT2D eigenvalue weighted by Crippen LogP contribution is -2.50. The number of carbonyl (C=O) groups excluding carboxylic acids is 1. The summed E-state index contributed by atoms with van der Waals surface area (Å²) < 4.78 is 5.37. The fraction of sp³-hybridized carbons (Fsp3) is 0.562. The topological polar surface area (TPSA) is 55.6 Å². The lowest BCUT2D eigenvalue weighted by molar-refractivity contribution is -0.147. The van der Waals surface area contributed by atoms with Gasteiger partial charge >= 0.3 is 0 Å². The maximum absolute atomic E-state index is 12.9. The zero-order chi connectivity index (χ0) is 15.5. The van der Waals surface area contributed by atoms with E-state index in [-0.39, 0.29) is 11.9 Å². The van der Waals surface area contributed by atoms with Gasteiger partial charge in [-0.15, -0.1) is 0 Å². The molecule has 1 fully saturated rings. The van der Waals surface area contributed by atoms with E-state index in [2.05, 4.69) is 0 Å². The minimum atomic E-state index is -0.498. The number of nitrogens with two attached hydrogens (primary N) is 1. The van der Waals surface area contributed by atoms with E-state index in [4.69, 9.17) is 22.1 Å². The number of amides is 1. The number of ether oxygens (including phenoxy) is 1. The van der Waals surface area contributed by atoms with Crippen LogP contribution in [0.1, 0.15) is 31.4 Å². The Morgan fingerprint density at radius 1 is 1.43 bits per heavy atom. The molecule has 1 saturated heterocycles. The van der Waals surface area contributed by atoms with Crippen LogP contribution >= 0.6 is 11.6 Å². The van der Waals surface area contributed by atoms with Crippen molar-refractivity contribution >= 4 is 17.5 Å². The summed E-state index contributed by atoms with van der Waals surface area (Å²) in [5, 5.41) is 0.679. The van der Waals surface area contributed by atoms with E-state index in [1.54, 1.807) is 4.90 Å². The summed E-state index contributed by atoms with van der Waals surface area (Å²) in [5.74, 6) is 0.0840. The Morgan fingerprint density at radius 3 is 2.62 bits per heavy atom. The summed E-state index contributed by atoms with van der Waals surface area (Å²) in [6.45, 7) is 3.53. The SMILES string of the molecule is CC(c1ccccc1Cl)N(C)C(=O)C1(CN)CCOCC1. The van der Waals surface area contributed by atoms with Crippen LogP contribution in [0.4, 0.5) is 0 Å². The molecule has 0 aromatic heterocycles. The van der Waals surface area contributed by atoms with Crippen LogP contribution in [0, 0.1) is 5.41 Å². The molecule has 5 heteroatoms. The second-order valence-corrected chi connectivity index (χ2v) is 6.12. The van der Waals surface area contributed by atoms with Gasteiger partial charge in [-0.3, -0.25) is 4.79 Å². The molecule has 1 amide bonds. The molecule has 0 radical (unpaired) electrons. The maximum Gasteiger partial charge on any atom is 0.230 e. The van der Waals surface area contributed by atoms with Crippen molar-refractivity contribution < 1.29 is 9.53 Å². The van der Waals surface area contributed by atoms with Gasteiger partial charge < -0.3 is 15.4 Å². The molecule has 0 spiro atoms. The summed E-state index contributed by atoms with van der Waals surface area (Å²) in [7, 11) is 1.82. The molecule has 1 unspecified atom stereocenters. The number of rotatable bonds is 4. The van der Waals surface area contributed by atoms with Gasteiger partial charge in [0, 0.05) is 31.8 Å². The number of hydrogen-bond acceptors (Lipinski definition) is 3. The fourth-order valence-electron chi connectivity index (χ4n) is 2.84. The summed E-state index contributed by atoms with van der Waals surface area (Å²) in [4.78, 5) is 14.7. The standard InChI is InChI=1S/C16H23ClN2O2/c1-12(13-5-3-4-6-14(13)17)19(2)15(20)16(11-18)7-9-21-10-8-16/h3-6,12H,7-11,18H2,1-2H3. The lowest BCUT2D eigenvalue weighted by Gasteiger charge is -2.39. The van der Waals surface area contributed by atoms with E-state index in [0.717, 1.165) is 5.56 Å². The predicted octanol–water partition coefficient (Wildman–Crippen LogP) is 2.61. The number of halogens is 1. The molecule has 0 bridgehead atoms. The van der Waals surface area contributed by atoms with Gasteiger partial charge in [0.2, 0.25) is 5.91 Å². The molecule has 1 aliphatic heterocycles. The van der Waals surface area contributed by atoms with Crippen molar-refractivity contribution in [3.05, 3.63) is 34.9 Å². The van der Waals surface area contributed by atoms with Gasteiger partial charge in [-0.25, -0.2) is 0 Å². The van der Waals surface area contributed by atoms with Crippen LogP contribution in [-0.4, -0.2) is 37.6 Å². The molecule has 4 nitrogen and oxygen atoms in total. The molecular weight excluding hydrogens is 288 g/mol. The molecule has 0 aliphatic carbocycles. The first-order valence-electron chi connectivity index (χ1n) is 7.31. The average Bonchev–Trinajstić information content (AvgIpc) is 2.54. The Morgan fingerprint density at radius 2 is 2.05 bits per heavy atom. The van der Waals surface area contributed by atoms with Gasteiger partial charge in [-0.05, 0) is 31.4 Å². The normalized spacial score (nSPS) is 19.0. The molecule has 21 heavy (non-hydrogen) atoms. The van der Waals surface area contributed by atoms with Gasteiger partial charge in [0.05, 0.1) is 11.5 Å². The first kappa shape index (κ1) is 16.3. The Balaban J connectivity index is 2.20. The first-order valence-corrected chi connectivity index (χ1v) is 7.69. The zero-order valence-corrected chi connectivity index (χ0v) is 13.4. The smallest absolute Gasteiger partial charge is 0.230 e. The highest BCUT2D eigenvalue weighted by atomic mass is 35.5. The monoisotopic (exact) mass is 310 g/mol. The Labute approximate surface area is 131 Å². The molecule has 1 aliphatic rings. The highest BCUT2D eigenvalue weighted by molar-refractivity contribution is 6.31. The third kappa shape index (κ3) is 3.23. The van der Waals surface area contributed by atoms with Gasteiger partial charge in [-0.1, -0.05) is 29.8 Å². The number of benzene rings is 1. The van der Waals surface area contributed by atoms with Crippen molar-refractivity contribution in [2.45, 2.75) is 25.8 Å². The van der Waals surface area contributed by atoms with E-state index >= 15 is 0 Å². The third-order valence-corrected chi connectivity index (χ3v) is 4.90. The summed E-state index contributed by atoms with van der Waals surface area (Å²) in [6.07, 6.45) is 1.36. The fourth-order valence-corrected chi connectivity index (χ4v) is 3.13. The van der Waals surface area contributed by atoms with Crippen molar-refractivity contribution in [1.29, 1.82) is 0 Å². The minimum absolute atomic E-state index is 0.0840. The van der Waals surface area contributed by atoms with Crippen molar-refractivity contribution in [3.63, 3.8) is 0 Å². The van der Waals surface area contributed by atoms with Crippen molar-refractivity contribution in [2.75, 3.05) is 26.8 Å². The van der Waals surface area contributed by atoms with E-state index in [0.29, 0.717) is 37.6 Å². The zero-order valence-electron chi connectivity index (χ0n) is 12.6. The quantitative estimate of drug-likeness (QED) is 0.930. The average molecular weight is 311 g/mol. The minimum Gasteiger partial charge on any atom is -0.381 e. The molecule has 1 atom stereocenters. The number of hydrogen-bond donors (Lipinski definition) is 1. The molecule has 2 rings (SSSR count). The van der Waals surface area contributed by atoms with Crippen LogP contribution in [0.25, 0.3) is 0 Å². The summed E-state index contributed by atoms with van der Waals surface area (Å²) in [5.41, 5.74) is 6.37. The maximum atomic E-state index is 12.9. The summed E-state index contributed by atoms with van der Waals surface area (Å²) >= 11 is 6.24. The van der Waals surface area contributed by atoms with E-state index in [1.165, 1.54) is 0 Å². The summed E-state index contributed by atoms with van der Waals surface area (Å²) in [6, 6.07) is 7.54. The van der Waals surface area contributed by atoms with E-state index in [9.17, 15) is 4.79 Å². The predicted molar refractivity (Wildman–Crippen MR) is 84.2 cm³/mol. The number of carbonyl (C=O) groups is 1. The lowest BCUT2D eigenvalue weighted by atomic mass is 9.78. The molecule has 1 aromatic carbocycles. The van der Waals surface area contributed by atoms with E-state index in [1.807, 2.05) is 38.2 Å². The third-order valence-electron chi connectivity index (χ3n) is 4.55. The van der Waals surface area contributed by atoms with Crippen LogP contribution < -0.4 is 5.73 Å². The molecule has 2 N–H and O–H groups in total. The van der Waals surface area contributed by atoms with Crippen LogP contribution in [0.3, 0.4) is 0 Å². The second-order valence-electron chi connectivity index (χ2n) is 5.71. The van der Waals surface area contributed by atoms with Crippen LogP contribution in [0.5, 0.6) is 0 Å². The second kappa shape index (κ2) is 6.77. The Hall–Kier alpha value is -1.10. The van der Waals surface area contributed by atoms with Gasteiger partial charge in [0.1, 0.15) is 0 Å². The first-order chi connectivity index (χ1) is 10.0. The highest BCUT2D eigenvalue weighted by Gasteiger charge is 2.41. The van der Waals surface area contributed by atoms with Gasteiger partial charge in [0.15, 0.2) is 0 Å². The van der Waals surface area contributed by atoms with Crippen LogP contribution in [0.15, 0.2) is 24.3 Å². The largest absolute Gasteiger partial charge is 0.381 e. The van der Waals surface area contributed by atoms with Crippen molar-refractivity contribution in [1.82, 2.24) is 4.90 Å². The number of nitrogens with zero attached hydrogens (tertiary/aromatic N) is 1. The van der Waals surface area contributed by atoms with E-state index < -0.39 is 5.41 Å². The molecule has 116 valence electrons. The molecule has 1 aromatic rings. The Kier molecular flexibility index (Phi) is 5.25. The molecular formula is C16H23ClN2O2. The van der Waals surface area contributed by atoms with Gasteiger partial charge in [-0.2, -0.15) is 0 Å². The van der Waals surface area contributed by atoms with Crippen molar-refractivity contribution in [2.24, 2.45) is 11.1 Å².